The summed E-state index contributed by atoms with van der Waals surface area (Å²) in [6, 6.07) is 3.07. The lowest BCUT2D eigenvalue weighted by Gasteiger charge is -2.28. The van der Waals surface area contributed by atoms with E-state index >= 15 is 0 Å². The lowest BCUT2D eigenvalue weighted by atomic mass is 9.82. The monoisotopic (exact) mass is 266 g/mol. The molecule has 0 saturated carbocycles. The Morgan fingerprint density at radius 1 is 1.37 bits per heavy atom. The highest BCUT2D eigenvalue weighted by molar-refractivity contribution is 5.70. The van der Waals surface area contributed by atoms with Crippen LogP contribution in [0.2, 0.25) is 0 Å². The summed E-state index contributed by atoms with van der Waals surface area (Å²) >= 11 is 0. The largest absolute Gasteiger partial charge is 0.494 e. The molecule has 0 spiro atoms. The van der Waals surface area contributed by atoms with Gasteiger partial charge in [-0.3, -0.25) is 0 Å². The molecule has 1 aliphatic heterocycles. The Kier molecular flexibility index (Phi) is 3.88. The predicted molar refractivity (Wildman–Crippen MR) is 77.2 cm³/mol. The van der Waals surface area contributed by atoms with E-state index in [4.69, 9.17) is 10.5 Å². The van der Waals surface area contributed by atoms with E-state index in [1.165, 1.54) is 19.6 Å². The number of nitrogens with two attached hydrogens (primary N) is 1. The van der Waals surface area contributed by atoms with E-state index in [0.29, 0.717) is 11.1 Å². The van der Waals surface area contributed by atoms with Gasteiger partial charge in [-0.15, -0.1) is 0 Å². The second-order valence-electron chi connectivity index (χ2n) is 5.42. The highest BCUT2D eigenvalue weighted by atomic mass is 19.1. The van der Waals surface area contributed by atoms with Crippen molar-refractivity contribution in [3.8, 4) is 5.75 Å². The number of rotatable bonds is 4. The topological polar surface area (TPSA) is 38.5 Å². The summed E-state index contributed by atoms with van der Waals surface area (Å²) in [5.74, 6) is -0.144. The molecule has 3 nitrogen and oxygen atoms in total. The van der Waals surface area contributed by atoms with E-state index in [1.54, 1.807) is 6.07 Å². The third-order valence-corrected chi connectivity index (χ3v) is 4.58. The molecule has 4 heteroatoms. The third-order valence-electron chi connectivity index (χ3n) is 4.58. The molecule has 0 aliphatic carbocycles. The standard InChI is InChI=1S/C15H23FN2O/c1-4-15(5-2)6-7-18(10-15)13-9-14(19-3)11(16)8-12(13)17/h8-9H,4-7,10,17H2,1-3H3. The zero-order valence-corrected chi connectivity index (χ0v) is 12.0. The number of benzene rings is 1. The Bertz CT molecular complexity index is 458. The Balaban J connectivity index is 2.29. The van der Waals surface area contributed by atoms with Crippen molar-refractivity contribution in [3.63, 3.8) is 0 Å². The van der Waals surface area contributed by atoms with Crippen molar-refractivity contribution in [1.29, 1.82) is 0 Å². The van der Waals surface area contributed by atoms with Crippen LogP contribution in [0.3, 0.4) is 0 Å². The number of nitrogen functional groups attached to an aromatic ring is 1. The molecule has 0 unspecified atom stereocenters. The second-order valence-corrected chi connectivity index (χ2v) is 5.42. The van der Waals surface area contributed by atoms with E-state index in [9.17, 15) is 4.39 Å². The average Bonchev–Trinajstić information content (AvgIpc) is 2.84. The van der Waals surface area contributed by atoms with Gasteiger partial charge in [-0.25, -0.2) is 4.39 Å². The fourth-order valence-electron chi connectivity index (χ4n) is 2.96. The van der Waals surface area contributed by atoms with Gasteiger partial charge in [-0.2, -0.15) is 0 Å². The third kappa shape index (κ3) is 2.48. The first-order valence-corrected chi connectivity index (χ1v) is 6.93. The van der Waals surface area contributed by atoms with Crippen LogP contribution in [-0.2, 0) is 0 Å². The van der Waals surface area contributed by atoms with Crippen molar-refractivity contribution in [1.82, 2.24) is 0 Å². The molecule has 1 aliphatic rings. The van der Waals surface area contributed by atoms with Gasteiger partial charge in [0.15, 0.2) is 11.6 Å². The van der Waals surface area contributed by atoms with Crippen LogP contribution in [0.25, 0.3) is 0 Å². The van der Waals surface area contributed by atoms with Crippen LogP contribution >= 0.6 is 0 Å². The smallest absolute Gasteiger partial charge is 0.167 e. The van der Waals surface area contributed by atoms with E-state index in [2.05, 4.69) is 18.7 Å². The van der Waals surface area contributed by atoms with Gasteiger partial charge < -0.3 is 15.4 Å². The van der Waals surface area contributed by atoms with Crippen molar-refractivity contribution in [2.75, 3.05) is 30.8 Å². The lowest BCUT2D eigenvalue weighted by Crippen LogP contribution is -2.26. The lowest BCUT2D eigenvalue weighted by molar-refractivity contribution is 0.301. The normalized spacial score (nSPS) is 17.8. The van der Waals surface area contributed by atoms with E-state index < -0.39 is 5.82 Å². The Labute approximate surface area is 114 Å². The first-order valence-electron chi connectivity index (χ1n) is 6.93. The van der Waals surface area contributed by atoms with Crippen molar-refractivity contribution < 1.29 is 9.13 Å². The average molecular weight is 266 g/mol. The molecule has 1 fully saturated rings. The van der Waals surface area contributed by atoms with Crippen LogP contribution in [0, 0.1) is 11.2 Å². The van der Waals surface area contributed by atoms with Crippen LogP contribution < -0.4 is 15.4 Å². The van der Waals surface area contributed by atoms with Crippen LogP contribution in [-0.4, -0.2) is 20.2 Å². The number of ether oxygens (including phenoxy) is 1. The van der Waals surface area contributed by atoms with Crippen LogP contribution in [0.4, 0.5) is 15.8 Å². The van der Waals surface area contributed by atoms with Gasteiger partial charge in [0.05, 0.1) is 18.5 Å². The molecule has 19 heavy (non-hydrogen) atoms. The quantitative estimate of drug-likeness (QED) is 0.848. The second kappa shape index (κ2) is 5.27. The minimum Gasteiger partial charge on any atom is -0.494 e. The highest BCUT2D eigenvalue weighted by Crippen LogP contribution is 2.41. The van der Waals surface area contributed by atoms with Gasteiger partial charge in [0.2, 0.25) is 0 Å². The molecule has 0 amide bonds. The molecule has 0 bridgehead atoms. The first kappa shape index (κ1) is 14.0. The number of hydrogen-bond acceptors (Lipinski definition) is 3. The Morgan fingerprint density at radius 2 is 2.05 bits per heavy atom. The van der Waals surface area contributed by atoms with Gasteiger partial charge >= 0.3 is 0 Å². The van der Waals surface area contributed by atoms with Crippen molar-refractivity contribution in [2.45, 2.75) is 33.1 Å². The molecule has 1 saturated heterocycles. The molecule has 2 rings (SSSR count). The molecule has 1 aromatic rings. The maximum atomic E-state index is 13.6. The predicted octanol–water partition coefficient (Wildman–Crippen LogP) is 3.43. The molecular formula is C15H23FN2O. The Morgan fingerprint density at radius 3 is 2.58 bits per heavy atom. The number of methoxy groups -OCH3 is 1. The summed E-state index contributed by atoms with van der Waals surface area (Å²) < 4.78 is 18.6. The van der Waals surface area contributed by atoms with E-state index in [-0.39, 0.29) is 5.75 Å². The minimum absolute atomic E-state index is 0.259. The van der Waals surface area contributed by atoms with Gasteiger partial charge in [-0.1, -0.05) is 13.8 Å². The van der Waals surface area contributed by atoms with Gasteiger partial charge in [0.1, 0.15) is 0 Å². The SMILES string of the molecule is CCC1(CC)CCN(c2cc(OC)c(F)cc2N)C1. The van der Waals surface area contributed by atoms with Crippen molar-refractivity contribution in [2.24, 2.45) is 5.41 Å². The van der Waals surface area contributed by atoms with Crippen LogP contribution in [0.1, 0.15) is 33.1 Å². The van der Waals surface area contributed by atoms with Crippen molar-refractivity contribution in [3.05, 3.63) is 17.9 Å². The number of halogens is 1. The molecule has 0 radical (unpaired) electrons. The molecule has 1 aromatic carbocycles. The maximum absolute atomic E-state index is 13.6. The summed E-state index contributed by atoms with van der Waals surface area (Å²) in [5.41, 5.74) is 7.71. The number of hydrogen-bond donors (Lipinski definition) is 1. The van der Waals surface area contributed by atoms with Crippen molar-refractivity contribution >= 4 is 11.4 Å². The van der Waals surface area contributed by atoms with Gasteiger partial charge in [0, 0.05) is 25.2 Å². The minimum atomic E-state index is -0.403. The zero-order valence-electron chi connectivity index (χ0n) is 12.0. The van der Waals surface area contributed by atoms with E-state index in [0.717, 1.165) is 31.6 Å². The number of anilines is 2. The zero-order chi connectivity index (χ0) is 14.0. The highest BCUT2D eigenvalue weighted by Gasteiger charge is 2.35. The summed E-state index contributed by atoms with van der Waals surface area (Å²) in [4.78, 5) is 2.25. The van der Waals surface area contributed by atoms with Crippen LogP contribution in [0.15, 0.2) is 12.1 Å². The summed E-state index contributed by atoms with van der Waals surface area (Å²) in [6.07, 6.45) is 3.50. The summed E-state index contributed by atoms with van der Waals surface area (Å²) in [5, 5.41) is 0. The molecule has 1 heterocycles. The fraction of sp³-hybridized carbons (Fsp3) is 0.600. The fourth-order valence-corrected chi connectivity index (χ4v) is 2.96. The molecule has 0 atom stereocenters. The molecule has 106 valence electrons. The molecule has 0 aromatic heterocycles. The maximum Gasteiger partial charge on any atom is 0.167 e. The first-order chi connectivity index (χ1) is 9.05. The number of nitrogens with zero attached hydrogens (tertiary/aromatic N) is 1. The van der Waals surface area contributed by atoms with Gasteiger partial charge in [0.25, 0.3) is 0 Å². The van der Waals surface area contributed by atoms with E-state index in [1.807, 2.05) is 0 Å². The molecule has 2 N–H and O–H groups in total. The summed E-state index contributed by atoms with van der Waals surface area (Å²) in [7, 11) is 1.48. The van der Waals surface area contributed by atoms with Gasteiger partial charge in [-0.05, 0) is 24.7 Å². The van der Waals surface area contributed by atoms with Crippen LogP contribution in [0.5, 0.6) is 5.75 Å². The molecular weight excluding hydrogens is 243 g/mol. The summed E-state index contributed by atoms with van der Waals surface area (Å²) in [6.45, 7) is 6.43. The Hall–Kier alpha value is -1.45.